The van der Waals surface area contributed by atoms with Crippen molar-refractivity contribution in [3.63, 3.8) is 0 Å². The van der Waals surface area contributed by atoms with Crippen LogP contribution in [-0.4, -0.2) is 63.4 Å². The molecule has 1 fully saturated rings. The van der Waals surface area contributed by atoms with Crippen LogP contribution in [-0.2, 0) is 9.47 Å². The Morgan fingerprint density at radius 1 is 1.30 bits per heavy atom. The standard InChI is InChI=1S/C19H30N4O3.HI/c1-4-26-19(24)23-12-10-16(11-13-23)22-18(20-2)21-14-17(25-3)15-8-6-5-7-9-15;/h5-9,16-17H,4,10-14H2,1-3H3,(H2,20,21,22);1H. The number of benzene rings is 1. The number of ether oxygens (including phenoxy) is 2. The number of methoxy groups -OCH3 is 1. The van der Waals surface area contributed by atoms with E-state index in [0.29, 0.717) is 26.2 Å². The molecule has 1 amide bonds. The molecular formula is C19H31IN4O3. The van der Waals surface area contributed by atoms with Gasteiger partial charge in [0.15, 0.2) is 5.96 Å². The van der Waals surface area contributed by atoms with Crippen molar-refractivity contribution in [2.24, 2.45) is 4.99 Å². The molecule has 152 valence electrons. The summed E-state index contributed by atoms with van der Waals surface area (Å²) in [7, 11) is 3.47. The molecule has 0 radical (unpaired) electrons. The molecule has 0 saturated carbocycles. The van der Waals surface area contributed by atoms with E-state index in [-0.39, 0.29) is 42.2 Å². The minimum absolute atomic E-state index is 0. The van der Waals surface area contributed by atoms with Crippen LogP contribution in [0.15, 0.2) is 35.3 Å². The number of aliphatic imine (C=N–C) groups is 1. The zero-order chi connectivity index (χ0) is 18.8. The minimum atomic E-state index is -0.223. The number of carbonyl (C=O) groups excluding carboxylic acids is 1. The predicted octanol–water partition coefficient (Wildman–Crippen LogP) is 2.78. The number of carbonyl (C=O) groups is 1. The van der Waals surface area contributed by atoms with Gasteiger partial charge >= 0.3 is 6.09 Å². The maximum absolute atomic E-state index is 11.8. The topological polar surface area (TPSA) is 75.2 Å². The van der Waals surface area contributed by atoms with E-state index in [1.54, 1.807) is 19.1 Å². The highest BCUT2D eigenvalue weighted by Gasteiger charge is 2.24. The highest BCUT2D eigenvalue weighted by molar-refractivity contribution is 14.0. The van der Waals surface area contributed by atoms with Gasteiger partial charge in [-0.15, -0.1) is 24.0 Å². The summed E-state index contributed by atoms with van der Waals surface area (Å²) in [5, 5.41) is 6.76. The van der Waals surface area contributed by atoms with Crippen LogP contribution in [0.25, 0.3) is 0 Å². The summed E-state index contributed by atoms with van der Waals surface area (Å²) in [5.41, 5.74) is 1.13. The quantitative estimate of drug-likeness (QED) is 0.365. The van der Waals surface area contributed by atoms with Crippen LogP contribution in [0.1, 0.15) is 31.4 Å². The van der Waals surface area contributed by atoms with Crippen molar-refractivity contribution in [1.29, 1.82) is 0 Å². The van der Waals surface area contributed by atoms with Crippen molar-refractivity contribution < 1.29 is 14.3 Å². The number of amides is 1. The summed E-state index contributed by atoms with van der Waals surface area (Å²) in [6.07, 6.45) is 1.47. The molecule has 0 aliphatic carbocycles. The Bertz CT molecular complexity index is 578. The van der Waals surface area contributed by atoms with Crippen molar-refractivity contribution >= 4 is 36.0 Å². The fourth-order valence-corrected chi connectivity index (χ4v) is 3.00. The maximum Gasteiger partial charge on any atom is 0.409 e. The van der Waals surface area contributed by atoms with Crippen molar-refractivity contribution in [1.82, 2.24) is 15.5 Å². The van der Waals surface area contributed by atoms with Crippen LogP contribution < -0.4 is 10.6 Å². The molecule has 7 nitrogen and oxygen atoms in total. The number of guanidine groups is 1. The Morgan fingerprint density at radius 2 is 1.96 bits per heavy atom. The van der Waals surface area contributed by atoms with Crippen LogP contribution in [0.2, 0.25) is 0 Å². The van der Waals surface area contributed by atoms with Gasteiger partial charge in [0, 0.05) is 39.8 Å². The van der Waals surface area contributed by atoms with Crippen LogP contribution in [0.3, 0.4) is 0 Å². The van der Waals surface area contributed by atoms with Crippen molar-refractivity contribution in [3.05, 3.63) is 35.9 Å². The van der Waals surface area contributed by atoms with E-state index in [1.807, 2.05) is 25.1 Å². The molecule has 0 aromatic heterocycles. The Balaban J connectivity index is 0.00000364. The Kier molecular flexibility index (Phi) is 11.1. The third-order valence-corrected chi connectivity index (χ3v) is 4.50. The van der Waals surface area contributed by atoms with Crippen LogP contribution in [0.4, 0.5) is 4.79 Å². The molecule has 1 saturated heterocycles. The van der Waals surface area contributed by atoms with Gasteiger partial charge in [-0.25, -0.2) is 4.79 Å². The first-order valence-electron chi connectivity index (χ1n) is 9.14. The first-order valence-corrected chi connectivity index (χ1v) is 9.14. The van der Waals surface area contributed by atoms with Gasteiger partial charge in [-0.1, -0.05) is 30.3 Å². The number of nitrogens with one attached hydrogen (secondary N) is 2. The predicted molar refractivity (Wildman–Crippen MR) is 118 cm³/mol. The van der Waals surface area contributed by atoms with Gasteiger partial charge in [0.05, 0.1) is 12.7 Å². The Labute approximate surface area is 178 Å². The summed E-state index contributed by atoms with van der Waals surface area (Å²) < 4.78 is 10.6. The number of likely N-dealkylation sites (tertiary alicyclic amines) is 1. The molecule has 8 heteroatoms. The molecule has 27 heavy (non-hydrogen) atoms. The van der Waals surface area contributed by atoms with E-state index < -0.39 is 0 Å². The average molecular weight is 490 g/mol. The molecule has 1 aromatic carbocycles. The normalized spacial score (nSPS) is 16.3. The largest absolute Gasteiger partial charge is 0.450 e. The van der Waals surface area contributed by atoms with E-state index in [2.05, 4.69) is 27.8 Å². The zero-order valence-corrected chi connectivity index (χ0v) is 18.6. The lowest BCUT2D eigenvalue weighted by Crippen LogP contribution is -2.50. The number of piperidine rings is 1. The lowest BCUT2D eigenvalue weighted by molar-refractivity contribution is 0.0960. The number of nitrogens with zero attached hydrogens (tertiary/aromatic N) is 2. The SMILES string of the molecule is CCOC(=O)N1CCC(NC(=NC)NCC(OC)c2ccccc2)CC1.I. The Hall–Kier alpha value is -1.55. The summed E-state index contributed by atoms with van der Waals surface area (Å²) in [6.45, 7) is 4.25. The summed E-state index contributed by atoms with van der Waals surface area (Å²) in [6, 6.07) is 10.4. The van der Waals surface area contributed by atoms with Gasteiger partial charge in [-0.3, -0.25) is 4.99 Å². The molecule has 2 rings (SSSR count). The molecule has 1 unspecified atom stereocenters. The first kappa shape index (κ1) is 23.5. The van der Waals surface area contributed by atoms with Gasteiger partial charge in [0.1, 0.15) is 0 Å². The number of rotatable bonds is 6. The second-order valence-electron chi connectivity index (χ2n) is 6.19. The van der Waals surface area contributed by atoms with Gasteiger partial charge in [0.25, 0.3) is 0 Å². The lowest BCUT2D eigenvalue weighted by atomic mass is 10.1. The molecule has 1 atom stereocenters. The van der Waals surface area contributed by atoms with E-state index >= 15 is 0 Å². The third-order valence-electron chi connectivity index (χ3n) is 4.50. The van der Waals surface area contributed by atoms with Gasteiger partial charge < -0.3 is 25.0 Å². The number of halogens is 1. The third kappa shape index (κ3) is 7.53. The first-order chi connectivity index (χ1) is 12.7. The molecule has 1 aromatic rings. The molecule has 1 heterocycles. The second kappa shape index (κ2) is 12.8. The smallest absolute Gasteiger partial charge is 0.409 e. The van der Waals surface area contributed by atoms with Gasteiger partial charge in [0.2, 0.25) is 0 Å². The molecule has 1 aliphatic rings. The molecule has 0 spiro atoms. The fourth-order valence-electron chi connectivity index (χ4n) is 3.00. The van der Waals surface area contributed by atoms with E-state index in [9.17, 15) is 4.79 Å². The molecule has 1 aliphatic heterocycles. The molecule has 2 N–H and O–H groups in total. The van der Waals surface area contributed by atoms with Crippen LogP contribution in [0, 0.1) is 0 Å². The van der Waals surface area contributed by atoms with Gasteiger partial charge in [-0.2, -0.15) is 0 Å². The number of hydrogen-bond acceptors (Lipinski definition) is 4. The summed E-state index contributed by atoms with van der Waals surface area (Å²) in [4.78, 5) is 17.8. The van der Waals surface area contributed by atoms with Crippen LogP contribution >= 0.6 is 24.0 Å². The zero-order valence-electron chi connectivity index (χ0n) is 16.3. The maximum atomic E-state index is 11.8. The second-order valence-corrected chi connectivity index (χ2v) is 6.19. The van der Waals surface area contributed by atoms with Crippen molar-refractivity contribution in [2.75, 3.05) is 40.4 Å². The molecule has 0 bridgehead atoms. The van der Waals surface area contributed by atoms with Crippen molar-refractivity contribution in [3.8, 4) is 0 Å². The van der Waals surface area contributed by atoms with Crippen molar-refractivity contribution in [2.45, 2.75) is 31.9 Å². The lowest BCUT2D eigenvalue weighted by Gasteiger charge is -2.32. The monoisotopic (exact) mass is 490 g/mol. The van der Waals surface area contributed by atoms with E-state index in [1.165, 1.54) is 0 Å². The Morgan fingerprint density at radius 3 is 2.52 bits per heavy atom. The van der Waals surface area contributed by atoms with Crippen LogP contribution in [0.5, 0.6) is 0 Å². The highest BCUT2D eigenvalue weighted by Crippen LogP contribution is 2.15. The highest BCUT2D eigenvalue weighted by atomic mass is 127. The summed E-state index contributed by atoms with van der Waals surface area (Å²) >= 11 is 0. The minimum Gasteiger partial charge on any atom is -0.450 e. The fraction of sp³-hybridized carbons (Fsp3) is 0.579. The summed E-state index contributed by atoms with van der Waals surface area (Å²) in [5.74, 6) is 0.748. The average Bonchev–Trinajstić information content (AvgIpc) is 2.69. The van der Waals surface area contributed by atoms with Gasteiger partial charge in [-0.05, 0) is 25.3 Å². The number of hydrogen-bond donors (Lipinski definition) is 2. The molecular weight excluding hydrogens is 459 g/mol. The van der Waals surface area contributed by atoms with E-state index in [4.69, 9.17) is 9.47 Å². The van der Waals surface area contributed by atoms with E-state index in [0.717, 1.165) is 24.4 Å².